The summed E-state index contributed by atoms with van der Waals surface area (Å²) in [5.41, 5.74) is 7.01. The molecule has 0 aliphatic carbocycles. The van der Waals surface area contributed by atoms with Gasteiger partial charge in [-0.25, -0.2) is 15.0 Å². The summed E-state index contributed by atoms with van der Waals surface area (Å²) in [5, 5.41) is 29.3. The Morgan fingerprint density at radius 2 is 1.92 bits per heavy atom. The van der Waals surface area contributed by atoms with Gasteiger partial charge in [0, 0.05) is 13.1 Å². The summed E-state index contributed by atoms with van der Waals surface area (Å²) in [4.78, 5) is 15.2. The number of aromatic nitrogens is 4. The van der Waals surface area contributed by atoms with Crippen molar-refractivity contribution < 1.29 is 15.3 Å². The second-order valence-corrected chi connectivity index (χ2v) is 7.85. The van der Waals surface area contributed by atoms with Gasteiger partial charge in [0.05, 0.1) is 18.0 Å². The van der Waals surface area contributed by atoms with E-state index >= 15 is 0 Å². The Bertz CT molecular complexity index is 765. The zero-order chi connectivity index (χ0) is 17.6. The highest BCUT2D eigenvalue weighted by molar-refractivity contribution is 8.00. The molecule has 0 radical (unpaired) electrons. The minimum absolute atomic E-state index is 0.206. The fourth-order valence-corrected chi connectivity index (χ4v) is 4.96. The van der Waals surface area contributed by atoms with Gasteiger partial charge in [-0.05, 0) is 19.3 Å². The maximum atomic E-state index is 10.6. The molecule has 2 aromatic rings. The first-order valence-corrected chi connectivity index (χ1v) is 9.42. The average molecular weight is 366 g/mol. The van der Waals surface area contributed by atoms with Crippen LogP contribution in [0.5, 0.6) is 0 Å². The predicted molar refractivity (Wildman–Crippen MR) is 95.3 cm³/mol. The Hall–Kier alpha value is -1.62. The standard InChI is InChI=1S/C15H22N6O3S/c16-12-9-13(18-7-17-12)21(14-11(24)10(23)8(6-22)25-14)15(19-9)20-4-2-1-3-5-20/h7-8,10-11,14,22-24H,1-6H2,(H2,16,17,18)/t8-,10-,11-,14-/m1/s1. The molecule has 0 saturated carbocycles. The lowest BCUT2D eigenvalue weighted by atomic mass is 10.1. The molecule has 2 aliphatic rings. The zero-order valence-electron chi connectivity index (χ0n) is 13.7. The van der Waals surface area contributed by atoms with Crippen LogP contribution < -0.4 is 10.6 Å². The third-order valence-electron chi connectivity index (χ3n) is 4.90. The van der Waals surface area contributed by atoms with Gasteiger partial charge in [0.2, 0.25) is 5.95 Å². The van der Waals surface area contributed by atoms with E-state index in [9.17, 15) is 15.3 Å². The van der Waals surface area contributed by atoms with Gasteiger partial charge in [-0.1, -0.05) is 0 Å². The van der Waals surface area contributed by atoms with E-state index in [1.165, 1.54) is 24.5 Å². The summed E-state index contributed by atoms with van der Waals surface area (Å²) < 4.78 is 1.84. The molecule has 2 aromatic heterocycles. The summed E-state index contributed by atoms with van der Waals surface area (Å²) >= 11 is 1.33. The van der Waals surface area contributed by atoms with E-state index < -0.39 is 22.8 Å². The summed E-state index contributed by atoms with van der Waals surface area (Å²) in [6.45, 7) is 1.54. The number of thioether (sulfide) groups is 1. The third kappa shape index (κ3) is 2.73. The minimum atomic E-state index is -1.03. The molecule has 5 N–H and O–H groups in total. The van der Waals surface area contributed by atoms with Crippen molar-refractivity contribution in [1.82, 2.24) is 19.5 Å². The molecular weight excluding hydrogens is 344 g/mol. The van der Waals surface area contributed by atoms with Crippen molar-refractivity contribution >= 4 is 34.7 Å². The number of piperidine rings is 1. The second kappa shape index (κ2) is 6.60. The maximum Gasteiger partial charge on any atom is 0.209 e. The van der Waals surface area contributed by atoms with E-state index in [1.54, 1.807) is 0 Å². The maximum absolute atomic E-state index is 10.6. The number of imidazole rings is 1. The van der Waals surface area contributed by atoms with Crippen LogP contribution >= 0.6 is 11.8 Å². The van der Waals surface area contributed by atoms with Crippen LogP contribution in [0.15, 0.2) is 6.33 Å². The number of fused-ring (bicyclic) bond motifs is 1. The van der Waals surface area contributed by atoms with E-state index in [4.69, 9.17) is 5.73 Å². The number of hydrogen-bond donors (Lipinski definition) is 4. The van der Waals surface area contributed by atoms with Gasteiger partial charge >= 0.3 is 0 Å². The molecule has 2 fully saturated rings. The highest BCUT2D eigenvalue weighted by Crippen LogP contribution is 2.45. The molecule has 10 heteroatoms. The number of anilines is 2. The highest BCUT2D eigenvalue weighted by atomic mass is 32.2. The number of nitrogens with zero attached hydrogens (tertiary/aromatic N) is 5. The molecule has 0 amide bonds. The summed E-state index contributed by atoms with van der Waals surface area (Å²) in [6.07, 6.45) is 2.68. The van der Waals surface area contributed by atoms with Crippen molar-refractivity contribution in [2.24, 2.45) is 0 Å². The minimum Gasteiger partial charge on any atom is -0.395 e. The van der Waals surface area contributed by atoms with Gasteiger partial charge in [0.15, 0.2) is 17.0 Å². The quantitative estimate of drug-likeness (QED) is 0.579. The number of hydrogen-bond acceptors (Lipinski definition) is 9. The van der Waals surface area contributed by atoms with Crippen LogP contribution in [0.3, 0.4) is 0 Å². The van der Waals surface area contributed by atoms with Crippen molar-refractivity contribution in [3.05, 3.63) is 6.33 Å². The lowest BCUT2D eigenvalue weighted by Crippen LogP contribution is -2.35. The third-order valence-corrected chi connectivity index (χ3v) is 6.44. The monoisotopic (exact) mass is 366 g/mol. The lowest BCUT2D eigenvalue weighted by Gasteiger charge is -2.30. The van der Waals surface area contributed by atoms with Gasteiger partial charge in [-0.3, -0.25) is 4.57 Å². The number of nitrogens with two attached hydrogens (primary N) is 1. The number of aliphatic hydroxyl groups is 3. The van der Waals surface area contributed by atoms with Crippen molar-refractivity contribution in [3.63, 3.8) is 0 Å². The van der Waals surface area contributed by atoms with Crippen molar-refractivity contribution in [3.8, 4) is 0 Å². The van der Waals surface area contributed by atoms with E-state index in [-0.39, 0.29) is 6.61 Å². The smallest absolute Gasteiger partial charge is 0.209 e. The van der Waals surface area contributed by atoms with E-state index in [2.05, 4.69) is 19.9 Å². The highest BCUT2D eigenvalue weighted by Gasteiger charge is 2.45. The molecule has 0 aromatic carbocycles. The Kier molecular flexibility index (Phi) is 4.44. The Balaban J connectivity index is 1.84. The first-order chi connectivity index (χ1) is 12.1. The molecule has 2 saturated heterocycles. The fourth-order valence-electron chi connectivity index (χ4n) is 3.56. The summed E-state index contributed by atoms with van der Waals surface area (Å²) in [7, 11) is 0. The van der Waals surface area contributed by atoms with Gasteiger partial charge in [0.1, 0.15) is 17.8 Å². The lowest BCUT2D eigenvalue weighted by molar-refractivity contribution is 0.0114. The van der Waals surface area contributed by atoms with Gasteiger partial charge in [-0.2, -0.15) is 0 Å². The Labute approximate surface area is 148 Å². The molecule has 0 unspecified atom stereocenters. The van der Waals surface area contributed by atoms with Crippen molar-refractivity contribution in [2.45, 2.75) is 42.1 Å². The largest absolute Gasteiger partial charge is 0.395 e. The first-order valence-electron chi connectivity index (χ1n) is 8.47. The molecule has 0 spiro atoms. The molecule has 136 valence electrons. The van der Waals surface area contributed by atoms with Gasteiger partial charge in [0.25, 0.3) is 0 Å². The normalized spacial score (nSPS) is 30.3. The SMILES string of the molecule is Nc1ncnc2c1nc(N1CCCCC1)n2[C@@H]1S[C@H](CO)[C@@H](O)[C@H]1O. The zero-order valence-corrected chi connectivity index (χ0v) is 14.5. The molecule has 4 rings (SSSR count). The van der Waals surface area contributed by atoms with Crippen LogP contribution in [-0.2, 0) is 0 Å². The van der Waals surface area contributed by atoms with Crippen LogP contribution in [0, 0.1) is 0 Å². The average Bonchev–Trinajstić information content (AvgIpc) is 3.15. The van der Waals surface area contributed by atoms with Crippen LogP contribution in [0.25, 0.3) is 11.2 Å². The topological polar surface area (TPSA) is 134 Å². The number of rotatable bonds is 3. The van der Waals surface area contributed by atoms with Crippen LogP contribution in [-0.4, -0.2) is 72.0 Å². The molecular formula is C15H22N6O3S. The molecule has 25 heavy (non-hydrogen) atoms. The molecule has 9 nitrogen and oxygen atoms in total. The van der Waals surface area contributed by atoms with E-state index in [1.807, 2.05) is 4.57 Å². The van der Waals surface area contributed by atoms with Crippen LogP contribution in [0.2, 0.25) is 0 Å². The predicted octanol–water partition coefficient (Wildman–Crippen LogP) is -0.273. The second-order valence-electron chi connectivity index (χ2n) is 6.49. The van der Waals surface area contributed by atoms with Gasteiger partial charge in [-0.15, -0.1) is 11.8 Å². The van der Waals surface area contributed by atoms with Crippen molar-refractivity contribution in [1.29, 1.82) is 0 Å². The Morgan fingerprint density at radius 1 is 1.16 bits per heavy atom. The van der Waals surface area contributed by atoms with Crippen LogP contribution in [0.1, 0.15) is 24.6 Å². The molecule has 4 heterocycles. The van der Waals surface area contributed by atoms with Crippen LogP contribution in [0.4, 0.5) is 11.8 Å². The van der Waals surface area contributed by atoms with E-state index in [0.29, 0.717) is 22.9 Å². The number of nitrogen functional groups attached to an aromatic ring is 1. The summed E-state index contributed by atoms with van der Waals surface area (Å²) in [5.74, 6) is 0.975. The molecule has 4 atom stereocenters. The van der Waals surface area contributed by atoms with Gasteiger partial charge < -0.3 is 26.0 Å². The molecule has 2 aliphatic heterocycles. The summed E-state index contributed by atoms with van der Waals surface area (Å²) in [6, 6.07) is 0. The first kappa shape index (κ1) is 16.8. The fraction of sp³-hybridized carbons (Fsp3) is 0.667. The number of aliphatic hydroxyl groups excluding tert-OH is 3. The Morgan fingerprint density at radius 3 is 2.60 bits per heavy atom. The van der Waals surface area contributed by atoms with Crippen molar-refractivity contribution in [2.75, 3.05) is 30.3 Å². The van der Waals surface area contributed by atoms with E-state index in [0.717, 1.165) is 25.9 Å². The molecule has 0 bridgehead atoms.